The third kappa shape index (κ3) is 2.44. The van der Waals surface area contributed by atoms with Gasteiger partial charge in [-0.25, -0.2) is 9.18 Å². The number of benzene rings is 1. The van der Waals surface area contributed by atoms with Gasteiger partial charge in [0.15, 0.2) is 0 Å². The fourth-order valence-corrected chi connectivity index (χ4v) is 1.69. The van der Waals surface area contributed by atoms with E-state index in [1.807, 2.05) is 0 Å². The van der Waals surface area contributed by atoms with Crippen molar-refractivity contribution in [3.8, 4) is 0 Å². The van der Waals surface area contributed by atoms with Gasteiger partial charge < -0.3 is 10.4 Å². The fourth-order valence-electron chi connectivity index (χ4n) is 1.58. The number of carbonyl (C=O) groups is 1. The highest BCUT2D eigenvalue weighted by Crippen LogP contribution is 2.34. The SMILES string of the molecule is O=C(O)C(Nc1ccc(Cl)c(F)c1)C1CC1. The molecule has 3 nitrogen and oxygen atoms in total. The largest absolute Gasteiger partial charge is 0.480 e. The molecule has 1 atom stereocenters. The number of carboxylic acids is 1. The van der Waals surface area contributed by atoms with E-state index in [1.54, 1.807) is 6.07 Å². The average Bonchev–Trinajstić information content (AvgIpc) is 3.03. The maximum Gasteiger partial charge on any atom is 0.326 e. The zero-order chi connectivity index (χ0) is 11.7. The Hall–Kier alpha value is -1.29. The average molecular weight is 244 g/mol. The number of anilines is 1. The standard InChI is InChI=1S/C11H11ClFNO2/c12-8-4-3-7(5-9(8)13)14-10(11(15)16)6-1-2-6/h3-6,10,14H,1-2H2,(H,15,16). The summed E-state index contributed by atoms with van der Waals surface area (Å²) in [4.78, 5) is 11.0. The molecular formula is C11H11ClFNO2. The van der Waals surface area contributed by atoms with Gasteiger partial charge >= 0.3 is 5.97 Å². The van der Waals surface area contributed by atoms with Crippen molar-refractivity contribution in [1.82, 2.24) is 0 Å². The first-order valence-electron chi connectivity index (χ1n) is 5.02. The molecule has 0 amide bonds. The first-order valence-corrected chi connectivity index (χ1v) is 5.40. The summed E-state index contributed by atoms with van der Waals surface area (Å²) >= 11 is 5.54. The molecule has 16 heavy (non-hydrogen) atoms. The van der Waals surface area contributed by atoms with Crippen LogP contribution >= 0.6 is 11.6 Å². The van der Waals surface area contributed by atoms with Crippen molar-refractivity contribution in [3.05, 3.63) is 29.0 Å². The molecule has 0 saturated heterocycles. The van der Waals surface area contributed by atoms with Crippen LogP contribution < -0.4 is 5.32 Å². The Bertz CT molecular complexity index is 420. The smallest absolute Gasteiger partial charge is 0.326 e. The first kappa shape index (κ1) is 11.2. The first-order chi connectivity index (χ1) is 7.58. The highest BCUT2D eigenvalue weighted by atomic mass is 35.5. The number of carboxylic acid groups (broad SMARTS) is 1. The Kier molecular flexibility index (Phi) is 3.01. The van der Waals surface area contributed by atoms with Gasteiger partial charge in [0.2, 0.25) is 0 Å². The van der Waals surface area contributed by atoms with Crippen molar-refractivity contribution in [1.29, 1.82) is 0 Å². The summed E-state index contributed by atoms with van der Waals surface area (Å²) in [6.07, 6.45) is 1.81. The molecule has 1 saturated carbocycles. The number of hydrogen-bond acceptors (Lipinski definition) is 2. The summed E-state index contributed by atoms with van der Waals surface area (Å²) in [7, 11) is 0. The van der Waals surface area contributed by atoms with E-state index in [4.69, 9.17) is 16.7 Å². The molecule has 1 aliphatic carbocycles. The van der Waals surface area contributed by atoms with Gasteiger partial charge in [0.1, 0.15) is 11.9 Å². The van der Waals surface area contributed by atoms with Gasteiger partial charge in [-0.05, 0) is 37.0 Å². The van der Waals surface area contributed by atoms with Crippen LogP contribution in [0.5, 0.6) is 0 Å². The van der Waals surface area contributed by atoms with Gasteiger partial charge in [0.25, 0.3) is 0 Å². The third-order valence-electron chi connectivity index (χ3n) is 2.60. The third-order valence-corrected chi connectivity index (χ3v) is 2.91. The van der Waals surface area contributed by atoms with E-state index in [2.05, 4.69) is 5.32 Å². The lowest BCUT2D eigenvalue weighted by Gasteiger charge is -2.15. The van der Waals surface area contributed by atoms with Crippen LogP contribution in [0.3, 0.4) is 0 Å². The minimum absolute atomic E-state index is 0.0313. The van der Waals surface area contributed by atoms with Gasteiger partial charge in [-0.15, -0.1) is 0 Å². The second kappa shape index (κ2) is 4.29. The summed E-state index contributed by atoms with van der Waals surface area (Å²) in [5.41, 5.74) is 0.446. The van der Waals surface area contributed by atoms with E-state index in [9.17, 15) is 9.18 Å². The van der Waals surface area contributed by atoms with Crippen LogP contribution in [0.4, 0.5) is 10.1 Å². The monoisotopic (exact) mass is 243 g/mol. The quantitative estimate of drug-likeness (QED) is 0.855. The van der Waals surface area contributed by atoms with Gasteiger partial charge in [0, 0.05) is 5.69 Å². The predicted octanol–water partition coefficient (Wildman–Crippen LogP) is 2.75. The van der Waals surface area contributed by atoms with Crippen LogP contribution in [-0.2, 0) is 4.79 Å². The van der Waals surface area contributed by atoms with Gasteiger partial charge in [-0.1, -0.05) is 11.6 Å². The van der Waals surface area contributed by atoms with Crippen LogP contribution in [0.25, 0.3) is 0 Å². The molecule has 0 heterocycles. The van der Waals surface area contributed by atoms with Crippen LogP contribution in [0.1, 0.15) is 12.8 Å². The Balaban J connectivity index is 2.12. The second-order valence-electron chi connectivity index (χ2n) is 3.93. The zero-order valence-corrected chi connectivity index (χ0v) is 9.17. The highest BCUT2D eigenvalue weighted by molar-refractivity contribution is 6.30. The summed E-state index contributed by atoms with van der Waals surface area (Å²) in [5, 5.41) is 11.8. The topological polar surface area (TPSA) is 49.3 Å². The molecule has 0 radical (unpaired) electrons. The summed E-state index contributed by atoms with van der Waals surface area (Å²) in [5.74, 6) is -1.30. The lowest BCUT2D eigenvalue weighted by atomic mass is 10.1. The molecular weight excluding hydrogens is 233 g/mol. The van der Waals surface area contributed by atoms with Crippen molar-refractivity contribution >= 4 is 23.3 Å². The predicted molar refractivity (Wildman–Crippen MR) is 59.2 cm³/mol. The lowest BCUT2D eigenvalue weighted by Crippen LogP contribution is -2.31. The van der Waals surface area contributed by atoms with E-state index >= 15 is 0 Å². The molecule has 0 bridgehead atoms. The summed E-state index contributed by atoms with van der Waals surface area (Å²) in [6, 6.07) is 3.55. The molecule has 1 aromatic carbocycles. The molecule has 0 aliphatic heterocycles. The highest BCUT2D eigenvalue weighted by Gasteiger charge is 2.36. The van der Waals surface area contributed by atoms with Crippen molar-refractivity contribution in [2.24, 2.45) is 5.92 Å². The van der Waals surface area contributed by atoms with E-state index in [-0.39, 0.29) is 10.9 Å². The molecule has 5 heteroatoms. The number of rotatable bonds is 4. The van der Waals surface area contributed by atoms with Gasteiger partial charge in [-0.3, -0.25) is 0 Å². The zero-order valence-electron chi connectivity index (χ0n) is 8.41. The fraction of sp³-hybridized carbons (Fsp3) is 0.364. The van der Waals surface area contributed by atoms with E-state index in [0.29, 0.717) is 5.69 Å². The van der Waals surface area contributed by atoms with E-state index < -0.39 is 17.8 Å². The minimum atomic E-state index is -0.905. The molecule has 1 aliphatic rings. The van der Waals surface area contributed by atoms with Crippen LogP contribution in [0.2, 0.25) is 5.02 Å². The van der Waals surface area contributed by atoms with Crippen LogP contribution in [-0.4, -0.2) is 17.1 Å². The van der Waals surface area contributed by atoms with Gasteiger partial charge in [0.05, 0.1) is 5.02 Å². The number of halogens is 2. The number of aliphatic carboxylic acids is 1. The Morgan fingerprint density at radius 1 is 1.56 bits per heavy atom. The maximum absolute atomic E-state index is 13.1. The normalized spacial score (nSPS) is 16.9. The Morgan fingerprint density at radius 2 is 2.25 bits per heavy atom. The van der Waals surface area contributed by atoms with E-state index in [0.717, 1.165) is 12.8 Å². The van der Waals surface area contributed by atoms with Crippen molar-refractivity contribution in [2.45, 2.75) is 18.9 Å². The van der Waals surface area contributed by atoms with Crippen molar-refractivity contribution < 1.29 is 14.3 Å². The summed E-state index contributed by atoms with van der Waals surface area (Å²) < 4.78 is 13.1. The number of nitrogens with one attached hydrogen (secondary N) is 1. The van der Waals surface area contributed by atoms with E-state index in [1.165, 1.54) is 12.1 Å². The molecule has 0 spiro atoms. The molecule has 2 N–H and O–H groups in total. The van der Waals surface area contributed by atoms with Crippen molar-refractivity contribution in [2.75, 3.05) is 5.32 Å². The second-order valence-corrected chi connectivity index (χ2v) is 4.33. The van der Waals surface area contributed by atoms with Crippen molar-refractivity contribution in [3.63, 3.8) is 0 Å². The Labute approximate surface area is 97.2 Å². The maximum atomic E-state index is 13.1. The lowest BCUT2D eigenvalue weighted by molar-refractivity contribution is -0.138. The molecule has 86 valence electrons. The van der Waals surface area contributed by atoms with Gasteiger partial charge in [-0.2, -0.15) is 0 Å². The minimum Gasteiger partial charge on any atom is -0.480 e. The summed E-state index contributed by atoms with van der Waals surface area (Å²) in [6.45, 7) is 0. The molecule has 1 unspecified atom stereocenters. The molecule has 1 aromatic rings. The Morgan fingerprint density at radius 3 is 2.75 bits per heavy atom. The van der Waals surface area contributed by atoms with Crippen LogP contribution in [0, 0.1) is 11.7 Å². The molecule has 2 rings (SSSR count). The molecule has 0 aromatic heterocycles. The molecule has 1 fully saturated rings. The number of hydrogen-bond donors (Lipinski definition) is 2. The van der Waals surface area contributed by atoms with Crippen LogP contribution in [0.15, 0.2) is 18.2 Å².